The third-order valence-corrected chi connectivity index (χ3v) is 0.658. The van der Waals surface area contributed by atoms with E-state index in [4.69, 9.17) is 5.73 Å². The predicted molar refractivity (Wildman–Crippen MR) is 31.5 cm³/mol. The van der Waals surface area contributed by atoms with E-state index in [1.807, 2.05) is 0 Å². The quantitative estimate of drug-likeness (QED) is 0.372. The van der Waals surface area contributed by atoms with E-state index in [1.165, 1.54) is 0 Å². The molecule has 0 aromatic carbocycles. The molecule has 0 aliphatic heterocycles. The zero-order chi connectivity index (χ0) is 5.15. The zero-order valence-corrected chi connectivity index (χ0v) is 4.33. The standard InChI is InChI=1S/C4H7NS/c1-3(5)4(2)6/h6H,1-2,5H2. The Bertz CT molecular complexity index is 73.5. The number of nitrogens with two attached hydrogens (primary N) is 1. The van der Waals surface area contributed by atoms with Crippen LogP contribution in [0, 0.1) is 0 Å². The van der Waals surface area contributed by atoms with E-state index in [0.717, 1.165) is 0 Å². The van der Waals surface area contributed by atoms with Crippen LogP contribution in [0.2, 0.25) is 0 Å². The van der Waals surface area contributed by atoms with Crippen LogP contribution in [0.5, 0.6) is 0 Å². The average molecular weight is 101 g/mol. The van der Waals surface area contributed by atoms with Crippen molar-refractivity contribution < 1.29 is 0 Å². The lowest BCUT2D eigenvalue weighted by Crippen LogP contribution is -1.91. The van der Waals surface area contributed by atoms with Crippen molar-refractivity contribution in [1.29, 1.82) is 0 Å². The molecule has 34 valence electrons. The van der Waals surface area contributed by atoms with Crippen LogP contribution in [-0.4, -0.2) is 0 Å². The molecular formula is C4H7NS. The SMILES string of the molecule is C=C(N)C(=C)S. The summed E-state index contributed by atoms with van der Waals surface area (Å²) in [5.41, 5.74) is 5.49. The third-order valence-electron chi connectivity index (χ3n) is 0.371. The Morgan fingerprint density at radius 3 is 1.67 bits per heavy atom. The molecule has 6 heavy (non-hydrogen) atoms. The molecule has 0 radical (unpaired) electrons. The van der Waals surface area contributed by atoms with Gasteiger partial charge in [-0.15, -0.1) is 12.6 Å². The molecule has 0 rings (SSSR count). The molecule has 0 spiro atoms. The molecule has 0 atom stereocenters. The van der Waals surface area contributed by atoms with Crippen molar-refractivity contribution in [2.45, 2.75) is 0 Å². The van der Waals surface area contributed by atoms with Crippen molar-refractivity contribution in [3.63, 3.8) is 0 Å². The molecule has 0 bridgehead atoms. The summed E-state index contributed by atoms with van der Waals surface area (Å²) in [6, 6.07) is 0. The summed E-state index contributed by atoms with van der Waals surface area (Å²) >= 11 is 3.77. The van der Waals surface area contributed by atoms with E-state index < -0.39 is 0 Å². The Labute approximate surface area is 42.9 Å². The molecule has 0 aromatic heterocycles. The minimum Gasteiger partial charge on any atom is -0.398 e. The van der Waals surface area contributed by atoms with Gasteiger partial charge in [-0.05, 0) is 0 Å². The van der Waals surface area contributed by atoms with Gasteiger partial charge in [-0.3, -0.25) is 0 Å². The number of hydrogen-bond donors (Lipinski definition) is 2. The van der Waals surface area contributed by atoms with Crippen LogP contribution in [0.1, 0.15) is 0 Å². The molecule has 0 aromatic rings. The first-order valence-corrected chi connectivity index (χ1v) is 1.92. The minimum absolute atomic E-state index is 0.429. The normalized spacial score (nSPS) is 7.50. The molecule has 2 heteroatoms. The highest BCUT2D eigenvalue weighted by Crippen LogP contribution is 1.99. The van der Waals surface area contributed by atoms with E-state index in [-0.39, 0.29) is 0 Å². The van der Waals surface area contributed by atoms with Crippen LogP contribution < -0.4 is 5.73 Å². The van der Waals surface area contributed by atoms with Gasteiger partial charge in [0.25, 0.3) is 0 Å². The lowest BCUT2D eigenvalue weighted by molar-refractivity contribution is 1.45. The summed E-state index contributed by atoms with van der Waals surface area (Å²) in [6.07, 6.45) is 0. The zero-order valence-electron chi connectivity index (χ0n) is 3.44. The molecule has 1 nitrogen and oxygen atoms in total. The molecule has 0 aliphatic rings. The van der Waals surface area contributed by atoms with Crippen LogP contribution in [-0.2, 0) is 0 Å². The molecule has 0 amide bonds. The van der Waals surface area contributed by atoms with Gasteiger partial charge < -0.3 is 5.73 Å². The molecular weight excluding hydrogens is 94.1 g/mol. The Morgan fingerprint density at radius 2 is 1.67 bits per heavy atom. The Kier molecular flexibility index (Phi) is 1.81. The first kappa shape index (κ1) is 5.63. The monoisotopic (exact) mass is 101 g/mol. The summed E-state index contributed by atoms with van der Waals surface area (Å²) in [5, 5.41) is 0. The fraction of sp³-hybridized carbons (Fsp3) is 0. The maximum absolute atomic E-state index is 5.06. The lowest BCUT2D eigenvalue weighted by atomic mass is 10.5. The summed E-state index contributed by atoms with van der Waals surface area (Å²) in [6.45, 7) is 6.75. The van der Waals surface area contributed by atoms with Crippen molar-refractivity contribution in [2.75, 3.05) is 0 Å². The number of rotatable bonds is 1. The Morgan fingerprint density at radius 1 is 1.50 bits per heavy atom. The summed E-state index contributed by atoms with van der Waals surface area (Å²) in [5.74, 6) is 0. The highest BCUT2D eigenvalue weighted by atomic mass is 32.1. The maximum atomic E-state index is 5.06. The molecule has 0 saturated carbocycles. The molecule has 0 saturated heterocycles. The average Bonchev–Trinajstić information content (AvgIpc) is 1.36. The fourth-order valence-corrected chi connectivity index (χ4v) is 0. The van der Waals surface area contributed by atoms with E-state index in [2.05, 4.69) is 25.8 Å². The Balaban J connectivity index is 3.57. The second kappa shape index (κ2) is 1.92. The predicted octanol–water partition coefficient (Wildman–Crippen LogP) is 0.902. The minimum atomic E-state index is 0.429. The van der Waals surface area contributed by atoms with Crippen molar-refractivity contribution >= 4 is 12.6 Å². The summed E-state index contributed by atoms with van der Waals surface area (Å²) < 4.78 is 0. The van der Waals surface area contributed by atoms with Crippen LogP contribution >= 0.6 is 12.6 Å². The van der Waals surface area contributed by atoms with E-state index >= 15 is 0 Å². The second-order valence-electron chi connectivity index (χ2n) is 0.972. The van der Waals surface area contributed by atoms with Crippen LogP contribution in [0.4, 0.5) is 0 Å². The summed E-state index contributed by atoms with van der Waals surface area (Å²) in [4.78, 5) is 0.537. The van der Waals surface area contributed by atoms with Gasteiger partial charge in [0, 0.05) is 10.6 Å². The van der Waals surface area contributed by atoms with Gasteiger partial charge in [-0.2, -0.15) is 0 Å². The Hall–Kier alpha value is -0.370. The highest BCUT2D eigenvalue weighted by Gasteiger charge is 1.79. The first-order chi connectivity index (χ1) is 2.64. The van der Waals surface area contributed by atoms with Crippen molar-refractivity contribution in [3.8, 4) is 0 Å². The maximum Gasteiger partial charge on any atom is 0.0370 e. The van der Waals surface area contributed by atoms with Crippen molar-refractivity contribution in [3.05, 3.63) is 23.8 Å². The molecule has 2 N–H and O–H groups in total. The van der Waals surface area contributed by atoms with E-state index in [0.29, 0.717) is 10.6 Å². The van der Waals surface area contributed by atoms with E-state index in [9.17, 15) is 0 Å². The van der Waals surface area contributed by atoms with Gasteiger partial charge in [0.05, 0.1) is 0 Å². The largest absolute Gasteiger partial charge is 0.398 e. The topological polar surface area (TPSA) is 26.0 Å². The third kappa shape index (κ3) is 1.91. The van der Waals surface area contributed by atoms with Gasteiger partial charge in [0.15, 0.2) is 0 Å². The second-order valence-corrected chi connectivity index (χ2v) is 1.51. The van der Waals surface area contributed by atoms with Gasteiger partial charge in [0.1, 0.15) is 0 Å². The highest BCUT2D eigenvalue weighted by molar-refractivity contribution is 7.84. The molecule has 0 aliphatic carbocycles. The molecule has 0 fully saturated rings. The summed E-state index contributed by atoms with van der Waals surface area (Å²) in [7, 11) is 0. The van der Waals surface area contributed by atoms with Crippen LogP contribution in [0.15, 0.2) is 23.8 Å². The van der Waals surface area contributed by atoms with Crippen molar-refractivity contribution in [1.82, 2.24) is 0 Å². The van der Waals surface area contributed by atoms with Gasteiger partial charge >= 0.3 is 0 Å². The first-order valence-electron chi connectivity index (χ1n) is 1.47. The number of hydrogen-bond acceptors (Lipinski definition) is 2. The van der Waals surface area contributed by atoms with Crippen molar-refractivity contribution in [2.24, 2.45) is 5.73 Å². The lowest BCUT2D eigenvalue weighted by Gasteiger charge is -1.88. The molecule has 0 heterocycles. The van der Waals surface area contributed by atoms with Gasteiger partial charge in [-0.1, -0.05) is 13.2 Å². The van der Waals surface area contributed by atoms with Gasteiger partial charge in [-0.25, -0.2) is 0 Å². The number of thiol groups is 1. The van der Waals surface area contributed by atoms with Crippen LogP contribution in [0.25, 0.3) is 0 Å². The van der Waals surface area contributed by atoms with Crippen LogP contribution in [0.3, 0.4) is 0 Å². The molecule has 0 unspecified atom stereocenters. The van der Waals surface area contributed by atoms with E-state index in [1.54, 1.807) is 0 Å². The smallest absolute Gasteiger partial charge is 0.0370 e. The fourth-order valence-electron chi connectivity index (χ4n) is 0. The van der Waals surface area contributed by atoms with Gasteiger partial charge in [0.2, 0.25) is 0 Å².